The summed E-state index contributed by atoms with van der Waals surface area (Å²) >= 11 is 0. The van der Waals surface area contributed by atoms with E-state index in [1.54, 1.807) is 0 Å². The van der Waals surface area contributed by atoms with E-state index in [1.807, 2.05) is 5.32 Å². The number of hydrogen-bond donors (Lipinski definition) is 26. The SMILES string of the molecule is CCC(NC(=O)O)(c1ccc(CNC(=O)O)c(C(CC)(NC(=O)O)c2c(O)c(=O)ccn2CC(O)C(O)C(O)C(O)CO)c1C(CC)(NC(=O)O)c1c(O)c(=O)ccn1CC(O)C(O)C(O)C(O)CO)c1c(O)c(=O)ccn1CC(O)C(O)C(O)C(O)CO. The molecule has 0 spiro atoms. The zero-order chi connectivity index (χ0) is 67.5. The molecule has 3 heterocycles. The Morgan fingerprint density at radius 1 is 0.416 bits per heavy atom. The van der Waals surface area contributed by atoms with Crippen LogP contribution >= 0.6 is 0 Å². The molecule has 4 aromatic rings. The predicted molar refractivity (Wildman–Crippen MR) is 298 cm³/mol. The molecule has 0 aliphatic carbocycles. The van der Waals surface area contributed by atoms with E-state index in [0.717, 1.165) is 51.5 Å². The number of benzene rings is 1. The van der Waals surface area contributed by atoms with Gasteiger partial charge in [-0.3, -0.25) is 14.4 Å². The number of aromatic nitrogens is 3. The summed E-state index contributed by atoms with van der Waals surface area (Å²) in [6.07, 6.45) is -37.6. The third-order valence-electron chi connectivity index (χ3n) is 15.4. The molecule has 0 fully saturated rings. The zero-order valence-corrected chi connectivity index (χ0v) is 47.7. The fourth-order valence-corrected chi connectivity index (χ4v) is 11.0. The number of amides is 4. The van der Waals surface area contributed by atoms with Crippen molar-refractivity contribution in [3.8, 4) is 17.2 Å². The van der Waals surface area contributed by atoms with E-state index in [0.29, 0.717) is 31.9 Å². The molecule has 0 saturated carbocycles. The molecule has 36 heteroatoms. The van der Waals surface area contributed by atoms with E-state index < -0.39 is 252 Å². The summed E-state index contributed by atoms with van der Waals surface area (Å²) in [4.78, 5) is 96.4. The number of pyridine rings is 3. The molecule has 496 valence electrons. The van der Waals surface area contributed by atoms with Gasteiger partial charge in [-0.2, -0.15) is 0 Å². The van der Waals surface area contributed by atoms with Crippen molar-refractivity contribution < 1.29 is 132 Å². The first-order chi connectivity index (χ1) is 41.6. The lowest BCUT2D eigenvalue weighted by Gasteiger charge is -2.48. The van der Waals surface area contributed by atoms with Gasteiger partial charge in [-0.05, 0) is 41.5 Å². The second-order valence-corrected chi connectivity index (χ2v) is 20.7. The molecular weight excluding hydrogens is 1200 g/mol. The van der Waals surface area contributed by atoms with Gasteiger partial charge in [-0.15, -0.1) is 0 Å². The molecule has 0 aliphatic rings. The summed E-state index contributed by atoms with van der Waals surface area (Å²) in [6, 6.07) is 3.52. The molecule has 0 aliphatic heterocycles. The first-order valence-corrected chi connectivity index (χ1v) is 27.1. The summed E-state index contributed by atoms with van der Waals surface area (Å²) in [5.41, 5.74) is -20.9. The highest BCUT2D eigenvalue weighted by atomic mass is 16.4. The first kappa shape index (κ1) is 73.4. The summed E-state index contributed by atoms with van der Waals surface area (Å²) in [5, 5.41) is 248. The maximum atomic E-state index is 14.1. The van der Waals surface area contributed by atoms with E-state index in [4.69, 9.17) is 0 Å². The Hall–Kier alpha value is -8.05. The molecule has 4 amide bonds. The number of hydrogen-bond acceptors (Lipinski definition) is 25. The lowest BCUT2D eigenvalue weighted by atomic mass is 9.65. The molecule has 4 rings (SSSR count). The van der Waals surface area contributed by atoms with Gasteiger partial charge in [0.05, 0.1) is 56.5 Å². The van der Waals surface area contributed by atoms with Crippen LogP contribution in [0.3, 0.4) is 0 Å². The van der Waals surface area contributed by atoms with Crippen molar-refractivity contribution >= 4 is 24.4 Å². The molecule has 26 N–H and O–H groups in total. The Morgan fingerprint density at radius 3 is 0.978 bits per heavy atom. The Kier molecular flexibility index (Phi) is 25.1. The van der Waals surface area contributed by atoms with Crippen LogP contribution in [0.2, 0.25) is 0 Å². The second-order valence-electron chi connectivity index (χ2n) is 20.7. The molecule has 0 saturated heterocycles. The van der Waals surface area contributed by atoms with Gasteiger partial charge in [0.2, 0.25) is 16.3 Å². The summed E-state index contributed by atoms with van der Waals surface area (Å²) in [6.45, 7) is -5.17. The van der Waals surface area contributed by atoms with Gasteiger partial charge < -0.3 is 147 Å². The van der Waals surface area contributed by atoms with Gasteiger partial charge in [0.1, 0.15) is 89.9 Å². The standard InChI is InChI=1S/C53H75N7O29/c1-4-51(55-48(84)85,44-41(79)24(64)9-12-58(44)16-27(67)35(73)38(76)30(70)19-61)23-8-7-22(15-54-47(82)83)33(52(5-2,56-49(86)87)45-42(80)25(65)10-13-59(45)17-28(68)36(74)39(77)31(71)20-62)34(23)53(6-3,57-50(88)89)46-43(81)26(66)11-14-60(46)18-29(69)37(75)40(78)32(72)21-63/h7-14,27-32,35-40,54-57,61-63,67-81H,4-6,15-21H2,1-3H3,(H,82,83)(H,84,85)(H,86,87)(H,88,89). The number of carboxylic acid groups (broad SMARTS) is 4. The molecule has 3 aromatic heterocycles. The van der Waals surface area contributed by atoms with E-state index >= 15 is 0 Å². The van der Waals surface area contributed by atoms with Crippen LogP contribution in [-0.2, 0) is 42.8 Å². The van der Waals surface area contributed by atoms with Crippen molar-refractivity contribution in [2.75, 3.05) is 19.8 Å². The Labute approximate surface area is 501 Å². The highest BCUT2D eigenvalue weighted by Gasteiger charge is 2.55. The van der Waals surface area contributed by atoms with Crippen LogP contribution in [0.15, 0.2) is 63.3 Å². The van der Waals surface area contributed by atoms with Gasteiger partial charge >= 0.3 is 24.4 Å². The Balaban J connectivity index is 2.68. The van der Waals surface area contributed by atoms with Gasteiger partial charge in [-0.1, -0.05) is 32.9 Å². The van der Waals surface area contributed by atoms with E-state index in [-0.39, 0.29) is 0 Å². The van der Waals surface area contributed by atoms with Crippen LogP contribution in [0.4, 0.5) is 19.2 Å². The van der Waals surface area contributed by atoms with E-state index in [1.165, 1.54) is 0 Å². The summed E-state index contributed by atoms with van der Waals surface area (Å²) < 4.78 is 1.93. The predicted octanol–water partition coefficient (Wildman–Crippen LogP) is -6.87. The quantitative estimate of drug-likeness (QED) is 0.0216. The van der Waals surface area contributed by atoms with Gasteiger partial charge in [0.15, 0.2) is 17.2 Å². The summed E-state index contributed by atoms with van der Waals surface area (Å²) in [7, 11) is 0. The average Bonchev–Trinajstić information content (AvgIpc) is 0.697. The third-order valence-corrected chi connectivity index (χ3v) is 15.4. The van der Waals surface area contributed by atoms with Crippen molar-refractivity contribution in [2.24, 2.45) is 0 Å². The maximum absolute atomic E-state index is 14.1. The molecule has 0 radical (unpaired) electrons. The molecule has 15 unspecified atom stereocenters. The second kappa shape index (κ2) is 30.4. The van der Waals surface area contributed by atoms with Crippen LogP contribution in [0.5, 0.6) is 17.2 Å². The minimum absolute atomic E-state index is 0.589. The van der Waals surface area contributed by atoms with Crippen molar-refractivity contribution in [3.63, 3.8) is 0 Å². The molecule has 89 heavy (non-hydrogen) atoms. The molecule has 36 nitrogen and oxygen atoms in total. The number of carbonyl (C=O) groups is 4. The highest BCUT2D eigenvalue weighted by molar-refractivity contribution is 5.75. The van der Waals surface area contributed by atoms with Crippen LogP contribution in [0.25, 0.3) is 0 Å². The first-order valence-electron chi connectivity index (χ1n) is 27.1. The monoisotopic (exact) mass is 1270 g/mol. The summed E-state index contributed by atoms with van der Waals surface area (Å²) in [5.74, 6) is -4.57. The van der Waals surface area contributed by atoms with Crippen molar-refractivity contribution in [1.29, 1.82) is 0 Å². The Morgan fingerprint density at radius 2 is 0.697 bits per heavy atom. The maximum Gasteiger partial charge on any atom is 0.405 e. The lowest BCUT2D eigenvalue weighted by molar-refractivity contribution is -0.118. The van der Waals surface area contributed by atoms with E-state index in [2.05, 4.69) is 16.0 Å². The Bertz CT molecular complexity index is 3330. The number of nitrogens with one attached hydrogen (secondary N) is 4. The fourth-order valence-electron chi connectivity index (χ4n) is 11.0. The number of aromatic hydroxyl groups is 3. The third kappa shape index (κ3) is 15.2. The van der Waals surface area contributed by atoms with Crippen LogP contribution < -0.4 is 37.6 Å². The van der Waals surface area contributed by atoms with Crippen molar-refractivity contribution in [2.45, 2.75) is 156 Å². The number of nitrogens with zero attached hydrogens (tertiary/aromatic N) is 3. The minimum atomic E-state index is -3.32. The van der Waals surface area contributed by atoms with Crippen LogP contribution in [0.1, 0.15) is 79.4 Å². The highest BCUT2D eigenvalue weighted by Crippen LogP contribution is 2.52. The number of aliphatic hydroxyl groups excluding tert-OH is 15. The van der Waals surface area contributed by atoms with Crippen LogP contribution in [-0.4, -0.2) is 243 Å². The lowest BCUT2D eigenvalue weighted by Crippen LogP contribution is -2.57. The van der Waals surface area contributed by atoms with Gasteiger partial charge in [-0.25, -0.2) is 19.2 Å². The van der Waals surface area contributed by atoms with Gasteiger partial charge in [0.25, 0.3) is 0 Å². The molecule has 15 atom stereocenters. The topological polar surface area (TPSA) is 627 Å². The number of rotatable bonds is 32. The van der Waals surface area contributed by atoms with Crippen LogP contribution in [0, 0.1) is 0 Å². The normalized spacial score (nSPS) is 17.9. The molecular formula is C53H75N7O29. The largest absolute Gasteiger partial charge is 0.503 e. The van der Waals surface area contributed by atoms with Gasteiger partial charge in [0, 0.05) is 43.3 Å². The van der Waals surface area contributed by atoms with E-state index in [9.17, 15) is 146 Å². The number of aliphatic hydroxyl groups is 15. The van der Waals surface area contributed by atoms with Crippen molar-refractivity contribution in [3.05, 3.63) is 119 Å². The molecule has 0 bridgehead atoms. The zero-order valence-electron chi connectivity index (χ0n) is 47.7. The average molecular weight is 1270 g/mol. The van der Waals surface area contributed by atoms with Crippen molar-refractivity contribution in [1.82, 2.24) is 35.0 Å². The molecule has 1 aromatic carbocycles. The minimum Gasteiger partial charge on any atom is -0.503 e. The fraction of sp³-hybridized carbons (Fsp3) is 0.528. The smallest absolute Gasteiger partial charge is 0.405 e.